The van der Waals surface area contributed by atoms with Gasteiger partial charge in [0.05, 0.1) is 12.1 Å². The van der Waals surface area contributed by atoms with E-state index in [-0.39, 0.29) is 6.61 Å². The normalized spacial score (nSPS) is 16.8. The first kappa shape index (κ1) is 13.1. The number of hydrogen-bond acceptors (Lipinski definition) is 6. The van der Waals surface area contributed by atoms with E-state index in [1.807, 2.05) is 24.3 Å². The van der Waals surface area contributed by atoms with Crippen LogP contribution in [-0.2, 0) is 0 Å². The minimum atomic E-state index is 0.212. The van der Waals surface area contributed by atoms with E-state index < -0.39 is 0 Å². The van der Waals surface area contributed by atoms with Crippen molar-refractivity contribution in [1.82, 2.24) is 14.9 Å². The molecule has 0 bridgehead atoms. The van der Waals surface area contributed by atoms with E-state index in [0.29, 0.717) is 5.95 Å². The summed E-state index contributed by atoms with van der Waals surface area (Å²) in [6, 6.07) is 7.94. The number of piperazine rings is 1. The van der Waals surface area contributed by atoms with E-state index in [1.54, 1.807) is 0 Å². The van der Waals surface area contributed by atoms with E-state index in [9.17, 15) is 0 Å². The summed E-state index contributed by atoms with van der Waals surface area (Å²) in [6.45, 7) is 4.59. The van der Waals surface area contributed by atoms with Gasteiger partial charge < -0.3 is 15.7 Å². The summed E-state index contributed by atoms with van der Waals surface area (Å²) in [5.41, 5.74) is 6.70. The van der Waals surface area contributed by atoms with Gasteiger partial charge >= 0.3 is 0 Å². The van der Waals surface area contributed by atoms with E-state index in [4.69, 9.17) is 10.8 Å². The smallest absolute Gasteiger partial charge is 0.222 e. The van der Waals surface area contributed by atoms with Crippen molar-refractivity contribution in [2.24, 2.45) is 0 Å². The Bertz CT molecular complexity index is 595. The molecule has 1 saturated heterocycles. The van der Waals surface area contributed by atoms with Crippen molar-refractivity contribution in [2.45, 2.75) is 0 Å². The maximum Gasteiger partial charge on any atom is 0.222 e. The number of aliphatic hydroxyl groups is 1. The monoisotopic (exact) mass is 273 g/mol. The number of nitrogens with two attached hydrogens (primary N) is 1. The van der Waals surface area contributed by atoms with Crippen molar-refractivity contribution in [3.63, 3.8) is 0 Å². The van der Waals surface area contributed by atoms with Crippen LogP contribution in [0.5, 0.6) is 0 Å². The number of aromatic nitrogens is 2. The van der Waals surface area contributed by atoms with E-state index in [2.05, 4.69) is 19.8 Å². The number of para-hydroxylation sites is 1. The molecule has 0 spiro atoms. The van der Waals surface area contributed by atoms with Gasteiger partial charge in [-0.3, -0.25) is 4.90 Å². The average molecular weight is 273 g/mol. The molecule has 1 aromatic heterocycles. The first-order valence-electron chi connectivity index (χ1n) is 6.88. The summed E-state index contributed by atoms with van der Waals surface area (Å²) >= 11 is 0. The largest absolute Gasteiger partial charge is 0.395 e. The van der Waals surface area contributed by atoms with Crippen LogP contribution in [0.2, 0.25) is 0 Å². The first-order valence-corrected chi connectivity index (χ1v) is 6.88. The molecule has 1 aliphatic rings. The second-order valence-electron chi connectivity index (χ2n) is 4.97. The molecule has 106 valence electrons. The van der Waals surface area contributed by atoms with E-state index in [0.717, 1.165) is 49.4 Å². The summed E-state index contributed by atoms with van der Waals surface area (Å²) in [5.74, 6) is 1.23. The third kappa shape index (κ3) is 2.52. The Morgan fingerprint density at radius 3 is 2.60 bits per heavy atom. The van der Waals surface area contributed by atoms with Gasteiger partial charge in [0.15, 0.2) is 0 Å². The molecular weight excluding hydrogens is 254 g/mol. The van der Waals surface area contributed by atoms with Gasteiger partial charge in [0, 0.05) is 38.1 Å². The van der Waals surface area contributed by atoms with Gasteiger partial charge in [0.2, 0.25) is 5.95 Å². The standard InChI is InChI=1S/C14H19N5O/c15-14-16-12-4-2-1-3-11(12)13(17-14)19-7-5-18(6-8-19)9-10-20/h1-4,20H,5-10H2,(H2,15,16,17). The second-order valence-corrected chi connectivity index (χ2v) is 4.97. The fourth-order valence-electron chi connectivity index (χ4n) is 2.64. The molecular formula is C14H19N5O. The highest BCUT2D eigenvalue weighted by Gasteiger charge is 2.19. The van der Waals surface area contributed by atoms with E-state index >= 15 is 0 Å². The minimum absolute atomic E-state index is 0.212. The third-order valence-electron chi connectivity index (χ3n) is 3.69. The number of benzene rings is 1. The highest BCUT2D eigenvalue weighted by molar-refractivity contribution is 5.90. The number of nitrogens with zero attached hydrogens (tertiary/aromatic N) is 4. The van der Waals surface area contributed by atoms with Crippen LogP contribution < -0.4 is 10.6 Å². The number of fused-ring (bicyclic) bond motifs is 1. The summed E-state index contributed by atoms with van der Waals surface area (Å²) in [6.07, 6.45) is 0. The van der Waals surface area contributed by atoms with Crippen molar-refractivity contribution in [2.75, 3.05) is 50.0 Å². The van der Waals surface area contributed by atoms with Gasteiger partial charge in [-0.25, -0.2) is 4.98 Å². The number of rotatable bonds is 3. The molecule has 0 radical (unpaired) electrons. The topological polar surface area (TPSA) is 78.5 Å². The van der Waals surface area contributed by atoms with Gasteiger partial charge in [-0.15, -0.1) is 0 Å². The molecule has 1 fully saturated rings. The molecule has 0 saturated carbocycles. The molecule has 20 heavy (non-hydrogen) atoms. The molecule has 0 atom stereocenters. The van der Waals surface area contributed by atoms with E-state index in [1.165, 1.54) is 0 Å². The molecule has 0 unspecified atom stereocenters. The minimum Gasteiger partial charge on any atom is -0.395 e. The van der Waals surface area contributed by atoms with Crippen LogP contribution in [0.1, 0.15) is 0 Å². The molecule has 1 aliphatic heterocycles. The Morgan fingerprint density at radius 2 is 1.85 bits per heavy atom. The lowest BCUT2D eigenvalue weighted by atomic mass is 10.2. The van der Waals surface area contributed by atoms with Crippen molar-refractivity contribution in [1.29, 1.82) is 0 Å². The van der Waals surface area contributed by atoms with Gasteiger partial charge in [0.25, 0.3) is 0 Å². The van der Waals surface area contributed by atoms with Crippen molar-refractivity contribution in [3.8, 4) is 0 Å². The lowest BCUT2D eigenvalue weighted by molar-refractivity contribution is 0.188. The fourth-order valence-corrected chi connectivity index (χ4v) is 2.64. The van der Waals surface area contributed by atoms with Crippen LogP contribution in [-0.4, -0.2) is 59.3 Å². The van der Waals surface area contributed by atoms with Crippen molar-refractivity contribution in [3.05, 3.63) is 24.3 Å². The number of aliphatic hydroxyl groups excluding tert-OH is 1. The number of anilines is 2. The highest BCUT2D eigenvalue weighted by Crippen LogP contribution is 2.25. The maximum atomic E-state index is 8.99. The summed E-state index contributed by atoms with van der Waals surface area (Å²) in [7, 11) is 0. The van der Waals surface area contributed by atoms with Crippen LogP contribution >= 0.6 is 0 Å². The second kappa shape index (κ2) is 5.60. The molecule has 2 heterocycles. The van der Waals surface area contributed by atoms with Crippen LogP contribution in [0.3, 0.4) is 0 Å². The van der Waals surface area contributed by atoms with Crippen LogP contribution in [0.4, 0.5) is 11.8 Å². The lowest BCUT2D eigenvalue weighted by Crippen LogP contribution is -2.47. The Morgan fingerprint density at radius 1 is 1.10 bits per heavy atom. The summed E-state index contributed by atoms with van der Waals surface area (Å²) in [5, 5.41) is 10.0. The molecule has 0 amide bonds. The quantitative estimate of drug-likeness (QED) is 0.839. The first-order chi connectivity index (χ1) is 9.78. The molecule has 6 heteroatoms. The zero-order valence-corrected chi connectivity index (χ0v) is 11.4. The fraction of sp³-hybridized carbons (Fsp3) is 0.429. The Hall–Kier alpha value is -1.92. The number of β-amino-alcohol motifs (C(OH)–C–C–N with tert-alkyl or cyclic N) is 1. The number of nitrogen functional groups attached to an aromatic ring is 1. The van der Waals surface area contributed by atoms with Gasteiger partial charge in [-0.05, 0) is 12.1 Å². The summed E-state index contributed by atoms with van der Waals surface area (Å²) in [4.78, 5) is 13.2. The molecule has 3 rings (SSSR count). The molecule has 2 aromatic rings. The SMILES string of the molecule is Nc1nc(N2CCN(CCO)CC2)c2ccccc2n1. The van der Waals surface area contributed by atoms with Crippen molar-refractivity contribution >= 4 is 22.7 Å². The van der Waals surface area contributed by atoms with Gasteiger partial charge in [-0.2, -0.15) is 4.98 Å². The third-order valence-corrected chi connectivity index (χ3v) is 3.69. The molecule has 3 N–H and O–H groups in total. The zero-order chi connectivity index (χ0) is 13.9. The molecule has 6 nitrogen and oxygen atoms in total. The summed E-state index contributed by atoms with van der Waals surface area (Å²) < 4.78 is 0. The van der Waals surface area contributed by atoms with Crippen LogP contribution in [0.15, 0.2) is 24.3 Å². The zero-order valence-electron chi connectivity index (χ0n) is 11.4. The van der Waals surface area contributed by atoms with Gasteiger partial charge in [-0.1, -0.05) is 12.1 Å². The Kier molecular flexibility index (Phi) is 3.66. The predicted molar refractivity (Wildman–Crippen MR) is 79.7 cm³/mol. The molecule has 0 aliphatic carbocycles. The molecule has 1 aromatic carbocycles. The average Bonchev–Trinajstić information content (AvgIpc) is 2.47. The van der Waals surface area contributed by atoms with Crippen molar-refractivity contribution < 1.29 is 5.11 Å². The predicted octanol–water partition coefficient (Wildman–Crippen LogP) is 0.326. The number of hydrogen-bond donors (Lipinski definition) is 2. The Balaban J connectivity index is 1.87. The lowest BCUT2D eigenvalue weighted by Gasteiger charge is -2.35. The van der Waals surface area contributed by atoms with Crippen LogP contribution in [0, 0.1) is 0 Å². The highest BCUT2D eigenvalue weighted by atomic mass is 16.3. The van der Waals surface area contributed by atoms with Gasteiger partial charge in [0.1, 0.15) is 5.82 Å². The Labute approximate surface area is 117 Å². The van der Waals surface area contributed by atoms with Crippen LogP contribution in [0.25, 0.3) is 10.9 Å². The maximum absolute atomic E-state index is 8.99.